The molecule has 2 amide bonds. The van der Waals surface area contributed by atoms with Crippen molar-refractivity contribution in [2.45, 2.75) is 26.3 Å². The van der Waals surface area contributed by atoms with Gasteiger partial charge in [0, 0.05) is 31.3 Å². The fourth-order valence-electron chi connectivity index (χ4n) is 2.92. The number of amides is 2. The van der Waals surface area contributed by atoms with Crippen molar-refractivity contribution >= 4 is 22.8 Å². The monoisotopic (exact) mass is 380 g/mol. The van der Waals surface area contributed by atoms with Crippen LogP contribution in [-0.2, 0) is 13.6 Å². The average Bonchev–Trinajstić information content (AvgIpc) is 2.99. The van der Waals surface area contributed by atoms with Gasteiger partial charge in [0.1, 0.15) is 0 Å². The Morgan fingerprint density at radius 2 is 1.68 bits per heavy atom. The number of unbranched alkanes of at least 4 members (excludes halogenated alkanes) is 1. The Morgan fingerprint density at radius 1 is 1.00 bits per heavy atom. The molecule has 3 N–H and O–H groups in total. The zero-order valence-electron chi connectivity index (χ0n) is 16.0. The van der Waals surface area contributed by atoms with Crippen LogP contribution in [0.1, 0.15) is 46.0 Å². The first-order chi connectivity index (χ1) is 13.5. The molecule has 7 heteroatoms. The number of benzene rings is 2. The van der Waals surface area contributed by atoms with Crippen molar-refractivity contribution < 1.29 is 9.59 Å². The molecule has 2 aromatic carbocycles. The Morgan fingerprint density at radius 3 is 2.39 bits per heavy atom. The van der Waals surface area contributed by atoms with Gasteiger partial charge in [0.2, 0.25) is 0 Å². The minimum absolute atomic E-state index is 0.0887. The van der Waals surface area contributed by atoms with Gasteiger partial charge in [0.25, 0.3) is 11.8 Å². The molecule has 0 fully saturated rings. The van der Waals surface area contributed by atoms with E-state index in [-0.39, 0.29) is 17.5 Å². The number of fused-ring (bicyclic) bond motifs is 1. The molecule has 0 saturated carbocycles. The Hall–Kier alpha value is -3.35. The molecule has 146 valence electrons. The lowest BCUT2D eigenvalue weighted by molar-refractivity contribution is 0.0942. The summed E-state index contributed by atoms with van der Waals surface area (Å²) in [4.78, 5) is 38.8. The van der Waals surface area contributed by atoms with Gasteiger partial charge in [0.15, 0.2) is 0 Å². The van der Waals surface area contributed by atoms with E-state index < -0.39 is 0 Å². The van der Waals surface area contributed by atoms with Crippen LogP contribution in [0.3, 0.4) is 0 Å². The lowest BCUT2D eigenvalue weighted by atomic mass is 10.1. The third-order valence-corrected chi connectivity index (χ3v) is 4.65. The van der Waals surface area contributed by atoms with Crippen LogP contribution in [0.2, 0.25) is 0 Å². The molecule has 0 aliphatic rings. The van der Waals surface area contributed by atoms with Crippen molar-refractivity contribution in [3.05, 3.63) is 69.6 Å². The summed E-state index contributed by atoms with van der Waals surface area (Å²) in [6, 6.07) is 12.3. The summed E-state index contributed by atoms with van der Waals surface area (Å²) < 4.78 is 1.50. The average molecular weight is 380 g/mol. The first-order valence-electron chi connectivity index (χ1n) is 9.33. The standard InChI is InChI=1S/C21H24N4O3/c1-3-4-11-22-19(26)15-7-5-14(6-8-15)13-23-20(27)16-9-10-18-17(12-16)24-21(28)25(18)2/h5-10,12H,3-4,11,13H2,1-2H3,(H,22,26)(H,23,27)(H,24,28). The molecule has 0 radical (unpaired) electrons. The Bertz CT molecular complexity index is 1050. The fraction of sp³-hybridized carbons (Fsp3) is 0.286. The SMILES string of the molecule is CCCCNC(=O)c1ccc(CNC(=O)c2ccc3c(c2)[nH]c(=O)n3C)cc1. The molecule has 28 heavy (non-hydrogen) atoms. The quantitative estimate of drug-likeness (QED) is 0.549. The number of nitrogens with zero attached hydrogens (tertiary/aromatic N) is 1. The predicted molar refractivity (Wildman–Crippen MR) is 108 cm³/mol. The van der Waals surface area contributed by atoms with Crippen molar-refractivity contribution in [1.82, 2.24) is 20.2 Å². The number of aromatic amines is 1. The summed E-state index contributed by atoms with van der Waals surface area (Å²) in [6.07, 6.45) is 1.99. The highest BCUT2D eigenvalue weighted by atomic mass is 16.2. The predicted octanol–water partition coefficient (Wildman–Crippen LogP) is 2.33. The summed E-state index contributed by atoms with van der Waals surface area (Å²) >= 11 is 0. The highest BCUT2D eigenvalue weighted by molar-refractivity contribution is 5.97. The van der Waals surface area contributed by atoms with E-state index >= 15 is 0 Å². The molecule has 3 rings (SSSR count). The summed E-state index contributed by atoms with van der Waals surface area (Å²) in [5.41, 5.74) is 3.12. The zero-order valence-corrected chi connectivity index (χ0v) is 16.0. The van der Waals surface area contributed by atoms with Gasteiger partial charge in [0.05, 0.1) is 11.0 Å². The Kier molecular flexibility index (Phi) is 5.93. The topological polar surface area (TPSA) is 96.0 Å². The number of nitrogens with one attached hydrogen (secondary N) is 3. The van der Waals surface area contributed by atoms with E-state index in [1.54, 1.807) is 37.4 Å². The minimum Gasteiger partial charge on any atom is -0.352 e. The number of hydrogen-bond acceptors (Lipinski definition) is 3. The molecule has 0 aliphatic heterocycles. The molecular weight excluding hydrogens is 356 g/mol. The van der Waals surface area contributed by atoms with Crippen molar-refractivity contribution in [3.63, 3.8) is 0 Å². The molecule has 0 spiro atoms. The van der Waals surface area contributed by atoms with Crippen molar-refractivity contribution in [2.75, 3.05) is 6.54 Å². The van der Waals surface area contributed by atoms with E-state index in [2.05, 4.69) is 22.5 Å². The Balaban J connectivity index is 1.60. The maximum atomic E-state index is 12.4. The molecular formula is C21H24N4O3. The number of carbonyl (C=O) groups is 2. The van der Waals surface area contributed by atoms with Gasteiger partial charge in [-0.15, -0.1) is 0 Å². The summed E-state index contributed by atoms with van der Waals surface area (Å²) in [7, 11) is 1.68. The second-order valence-corrected chi connectivity index (χ2v) is 6.71. The third-order valence-electron chi connectivity index (χ3n) is 4.65. The van der Waals surface area contributed by atoms with Gasteiger partial charge in [-0.05, 0) is 42.3 Å². The van der Waals surface area contributed by atoms with Gasteiger partial charge in [-0.1, -0.05) is 25.5 Å². The highest BCUT2D eigenvalue weighted by Gasteiger charge is 2.10. The summed E-state index contributed by atoms with van der Waals surface area (Å²) in [6.45, 7) is 3.09. The molecule has 0 atom stereocenters. The molecule has 7 nitrogen and oxygen atoms in total. The van der Waals surface area contributed by atoms with Crippen molar-refractivity contribution in [1.29, 1.82) is 0 Å². The van der Waals surface area contributed by atoms with Gasteiger partial charge in [-0.3, -0.25) is 14.2 Å². The van der Waals surface area contributed by atoms with Crippen LogP contribution in [-0.4, -0.2) is 27.9 Å². The first-order valence-corrected chi connectivity index (χ1v) is 9.33. The van der Waals surface area contributed by atoms with Crippen LogP contribution >= 0.6 is 0 Å². The number of H-pyrrole nitrogens is 1. The number of carbonyl (C=O) groups excluding carboxylic acids is 2. The molecule has 3 aromatic rings. The van der Waals surface area contributed by atoms with Gasteiger partial charge in [-0.25, -0.2) is 4.79 Å². The summed E-state index contributed by atoms with van der Waals surface area (Å²) in [5, 5.41) is 5.73. The first kappa shape index (κ1) is 19.4. The van der Waals surface area contributed by atoms with Gasteiger partial charge in [-0.2, -0.15) is 0 Å². The lowest BCUT2D eigenvalue weighted by Crippen LogP contribution is -2.24. The molecule has 1 aromatic heterocycles. The summed E-state index contributed by atoms with van der Waals surface area (Å²) in [5.74, 6) is -0.317. The maximum absolute atomic E-state index is 12.4. The number of aromatic nitrogens is 2. The van der Waals surface area contributed by atoms with E-state index in [0.717, 1.165) is 23.9 Å². The van der Waals surface area contributed by atoms with Crippen LogP contribution in [0.4, 0.5) is 0 Å². The third kappa shape index (κ3) is 4.31. The van der Waals surface area contributed by atoms with E-state index in [4.69, 9.17) is 0 Å². The lowest BCUT2D eigenvalue weighted by Gasteiger charge is -2.08. The van der Waals surface area contributed by atoms with Crippen LogP contribution in [0.15, 0.2) is 47.3 Å². The molecule has 0 bridgehead atoms. The zero-order chi connectivity index (χ0) is 20.1. The minimum atomic E-state index is -0.229. The number of aryl methyl sites for hydroxylation is 1. The van der Waals surface area contributed by atoms with E-state index in [1.807, 2.05) is 12.1 Å². The normalized spacial score (nSPS) is 10.8. The highest BCUT2D eigenvalue weighted by Crippen LogP contribution is 2.12. The second kappa shape index (κ2) is 8.56. The second-order valence-electron chi connectivity index (χ2n) is 6.71. The Labute approximate surface area is 162 Å². The largest absolute Gasteiger partial charge is 0.352 e. The van der Waals surface area contributed by atoms with Crippen LogP contribution < -0.4 is 16.3 Å². The van der Waals surface area contributed by atoms with E-state index in [1.165, 1.54) is 4.57 Å². The van der Waals surface area contributed by atoms with Crippen molar-refractivity contribution in [2.24, 2.45) is 7.05 Å². The van der Waals surface area contributed by atoms with Gasteiger partial charge >= 0.3 is 5.69 Å². The van der Waals surface area contributed by atoms with E-state index in [0.29, 0.717) is 29.7 Å². The van der Waals surface area contributed by atoms with Gasteiger partial charge < -0.3 is 15.6 Å². The van der Waals surface area contributed by atoms with Crippen molar-refractivity contribution in [3.8, 4) is 0 Å². The molecule has 0 aliphatic carbocycles. The van der Waals surface area contributed by atoms with Crippen LogP contribution in [0, 0.1) is 0 Å². The molecule has 0 saturated heterocycles. The fourth-order valence-corrected chi connectivity index (χ4v) is 2.92. The number of imidazole rings is 1. The maximum Gasteiger partial charge on any atom is 0.326 e. The number of rotatable bonds is 7. The van der Waals surface area contributed by atoms with Crippen LogP contribution in [0.5, 0.6) is 0 Å². The smallest absolute Gasteiger partial charge is 0.326 e. The van der Waals surface area contributed by atoms with Crippen LogP contribution in [0.25, 0.3) is 11.0 Å². The molecule has 1 heterocycles. The number of hydrogen-bond donors (Lipinski definition) is 3. The molecule has 0 unspecified atom stereocenters. The van der Waals surface area contributed by atoms with E-state index in [9.17, 15) is 14.4 Å².